The Morgan fingerprint density at radius 1 is 1.54 bits per heavy atom. The van der Waals surface area contributed by atoms with Crippen LogP contribution in [0.1, 0.15) is 13.8 Å². The van der Waals surface area contributed by atoms with Crippen LogP contribution in [0.2, 0.25) is 5.02 Å². The SMILES string of the molecule is CC(C)(N)CNc1ccc(Cl)cn1. The molecule has 0 aliphatic heterocycles. The molecule has 0 aromatic carbocycles. The fraction of sp³-hybridized carbons (Fsp3) is 0.444. The molecule has 1 aromatic rings. The molecule has 0 bridgehead atoms. The van der Waals surface area contributed by atoms with Gasteiger partial charge in [-0.3, -0.25) is 0 Å². The highest BCUT2D eigenvalue weighted by atomic mass is 35.5. The highest BCUT2D eigenvalue weighted by Gasteiger charge is 2.09. The van der Waals surface area contributed by atoms with Gasteiger partial charge in [-0.1, -0.05) is 11.6 Å². The zero-order chi connectivity index (χ0) is 9.90. The first-order valence-electron chi connectivity index (χ1n) is 4.12. The van der Waals surface area contributed by atoms with Crippen LogP contribution in [0.5, 0.6) is 0 Å². The first-order valence-corrected chi connectivity index (χ1v) is 4.49. The molecule has 13 heavy (non-hydrogen) atoms. The molecule has 72 valence electrons. The van der Waals surface area contributed by atoms with Gasteiger partial charge in [-0.25, -0.2) is 4.98 Å². The Hall–Kier alpha value is -0.800. The Morgan fingerprint density at radius 2 is 2.23 bits per heavy atom. The lowest BCUT2D eigenvalue weighted by atomic mass is 10.1. The third kappa shape index (κ3) is 4.10. The van der Waals surface area contributed by atoms with Gasteiger partial charge in [0.15, 0.2) is 0 Å². The molecule has 0 spiro atoms. The highest BCUT2D eigenvalue weighted by Crippen LogP contribution is 2.10. The van der Waals surface area contributed by atoms with Gasteiger partial charge in [0.05, 0.1) is 5.02 Å². The number of nitrogens with zero attached hydrogens (tertiary/aromatic N) is 1. The minimum absolute atomic E-state index is 0.235. The normalized spacial score (nSPS) is 11.4. The van der Waals surface area contributed by atoms with Crippen molar-refractivity contribution in [2.45, 2.75) is 19.4 Å². The second-order valence-corrected chi connectivity index (χ2v) is 4.14. The maximum Gasteiger partial charge on any atom is 0.126 e. The summed E-state index contributed by atoms with van der Waals surface area (Å²) in [6, 6.07) is 3.62. The first-order chi connectivity index (χ1) is 5.97. The molecule has 3 N–H and O–H groups in total. The first kappa shape index (κ1) is 10.3. The molecule has 4 heteroatoms. The van der Waals surface area contributed by atoms with Crippen molar-refractivity contribution in [3.8, 4) is 0 Å². The Balaban J connectivity index is 2.51. The Morgan fingerprint density at radius 3 is 2.69 bits per heavy atom. The number of anilines is 1. The molecular formula is C9H14ClN3. The molecule has 0 fully saturated rings. The second kappa shape index (κ2) is 3.94. The van der Waals surface area contributed by atoms with Crippen LogP contribution in [0, 0.1) is 0 Å². The third-order valence-electron chi connectivity index (χ3n) is 1.45. The number of aromatic nitrogens is 1. The van der Waals surface area contributed by atoms with E-state index in [2.05, 4.69) is 10.3 Å². The number of hydrogen-bond acceptors (Lipinski definition) is 3. The van der Waals surface area contributed by atoms with Crippen LogP contribution in [-0.2, 0) is 0 Å². The topological polar surface area (TPSA) is 50.9 Å². The van der Waals surface area contributed by atoms with Gasteiger partial charge >= 0.3 is 0 Å². The lowest BCUT2D eigenvalue weighted by Gasteiger charge is -2.19. The molecule has 0 aliphatic rings. The summed E-state index contributed by atoms with van der Waals surface area (Å²) in [6.45, 7) is 4.59. The number of halogens is 1. The third-order valence-corrected chi connectivity index (χ3v) is 1.68. The standard InChI is InChI=1S/C9H14ClN3/c1-9(2,11)6-13-8-4-3-7(10)5-12-8/h3-5H,6,11H2,1-2H3,(H,12,13). The smallest absolute Gasteiger partial charge is 0.126 e. The number of rotatable bonds is 3. The number of pyridine rings is 1. The van der Waals surface area contributed by atoms with Crippen molar-refractivity contribution in [2.75, 3.05) is 11.9 Å². The van der Waals surface area contributed by atoms with Gasteiger partial charge in [0.2, 0.25) is 0 Å². The maximum atomic E-state index is 5.80. The summed E-state index contributed by atoms with van der Waals surface area (Å²) >= 11 is 5.69. The van der Waals surface area contributed by atoms with Gasteiger partial charge in [-0.05, 0) is 26.0 Å². The average Bonchev–Trinajstić information content (AvgIpc) is 2.02. The fourth-order valence-electron chi connectivity index (χ4n) is 0.799. The van der Waals surface area contributed by atoms with Crippen LogP contribution >= 0.6 is 11.6 Å². The van der Waals surface area contributed by atoms with E-state index >= 15 is 0 Å². The van der Waals surface area contributed by atoms with Crippen molar-refractivity contribution in [1.29, 1.82) is 0 Å². The largest absolute Gasteiger partial charge is 0.368 e. The predicted octanol–water partition coefficient (Wildman–Crippen LogP) is 1.88. The van der Waals surface area contributed by atoms with Crippen molar-refractivity contribution in [1.82, 2.24) is 4.98 Å². The van der Waals surface area contributed by atoms with Gasteiger partial charge in [0.1, 0.15) is 5.82 Å². The molecule has 0 saturated carbocycles. The van der Waals surface area contributed by atoms with Crippen LogP contribution in [0.25, 0.3) is 0 Å². The van der Waals surface area contributed by atoms with Gasteiger partial charge < -0.3 is 11.1 Å². The Bertz CT molecular complexity index is 263. The van der Waals surface area contributed by atoms with E-state index in [0.717, 1.165) is 5.82 Å². The van der Waals surface area contributed by atoms with E-state index in [1.807, 2.05) is 19.9 Å². The number of nitrogens with two attached hydrogens (primary N) is 1. The zero-order valence-corrected chi connectivity index (χ0v) is 8.60. The molecule has 1 heterocycles. The lowest BCUT2D eigenvalue weighted by molar-refractivity contribution is 0.548. The van der Waals surface area contributed by atoms with E-state index in [1.54, 1.807) is 12.3 Å². The molecule has 0 radical (unpaired) electrons. The predicted molar refractivity (Wildman–Crippen MR) is 56.0 cm³/mol. The van der Waals surface area contributed by atoms with Gasteiger partial charge in [-0.2, -0.15) is 0 Å². The van der Waals surface area contributed by atoms with E-state index < -0.39 is 0 Å². The van der Waals surface area contributed by atoms with Crippen molar-refractivity contribution in [2.24, 2.45) is 5.73 Å². The summed E-state index contributed by atoms with van der Waals surface area (Å²) in [5.41, 5.74) is 5.56. The molecule has 1 rings (SSSR count). The van der Waals surface area contributed by atoms with E-state index in [1.165, 1.54) is 0 Å². The lowest BCUT2D eigenvalue weighted by Crippen LogP contribution is -2.39. The molecule has 3 nitrogen and oxygen atoms in total. The summed E-state index contributed by atoms with van der Waals surface area (Å²) < 4.78 is 0. The van der Waals surface area contributed by atoms with Crippen LogP contribution in [0.4, 0.5) is 5.82 Å². The van der Waals surface area contributed by atoms with Crippen molar-refractivity contribution < 1.29 is 0 Å². The monoisotopic (exact) mass is 199 g/mol. The van der Waals surface area contributed by atoms with E-state index in [9.17, 15) is 0 Å². The van der Waals surface area contributed by atoms with Crippen LogP contribution < -0.4 is 11.1 Å². The van der Waals surface area contributed by atoms with Crippen LogP contribution in [0.3, 0.4) is 0 Å². The summed E-state index contributed by atoms with van der Waals surface area (Å²) in [5.74, 6) is 0.794. The van der Waals surface area contributed by atoms with Gasteiger partial charge in [0.25, 0.3) is 0 Å². The average molecular weight is 200 g/mol. The quantitative estimate of drug-likeness (QED) is 0.782. The van der Waals surface area contributed by atoms with Crippen molar-refractivity contribution in [3.63, 3.8) is 0 Å². The van der Waals surface area contributed by atoms with E-state index in [4.69, 9.17) is 17.3 Å². The number of hydrogen-bond donors (Lipinski definition) is 2. The van der Waals surface area contributed by atoms with Gasteiger partial charge in [0, 0.05) is 18.3 Å². The molecule has 0 amide bonds. The molecule has 0 saturated heterocycles. The fourth-order valence-corrected chi connectivity index (χ4v) is 0.911. The zero-order valence-electron chi connectivity index (χ0n) is 7.84. The molecule has 0 unspecified atom stereocenters. The van der Waals surface area contributed by atoms with E-state index in [-0.39, 0.29) is 5.54 Å². The minimum atomic E-state index is -0.235. The summed E-state index contributed by atoms with van der Waals surface area (Å²) in [7, 11) is 0. The molecular weight excluding hydrogens is 186 g/mol. The molecule has 0 atom stereocenters. The Kier molecular flexibility index (Phi) is 3.12. The van der Waals surface area contributed by atoms with Gasteiger partial charge in [-0.15, -0.1) is 0 Å². The summed E-state index contributed by atoms with van der Waals surface area (Å²) in [4.78, 5) is 4.08. The van der Waals surface area contributed by atoms with Crippen molar-refractivity contribution in [3.05, 3.63) is 23.4 Å². The van der Waals surface area contributed by atoms with Crippen LogP contribution in [0.15, 0.2) is 18.3 Å². The maximum absolute atomic E-state index is 5.80. The second-order valence-electron chi connectivity index (χ2n) is 3.70. The van der Waals surface area contributed by atoms with Crippen LogP contribution in [-0.4, -0.2) is 17.1 Å². The van der Waals surface area contributed by atoms with Crippen molar-refractivity contribution >= 4 is 17.4 Å². The molecule has 0 aliphatic carbocycles. The molecule has 1 aromatic heterocycles. The van der Waals surface area contributed by atoms with E-state index in [0.29, 0.717) is 11.6 Å². The minimum Gasteiger partial charge on any atom is -0.368 e. The summed E-state index contributed by atoms with van der Waals surface area (Å²) in [5, 5.41) is 3.75. The highest BCUT2D eigenvalue weighted by molar-refractivity contribution is 6.30. The number of nitrogens with one attached hydrogen (secondary N) is 1. The summed E-state index contributed by atoms with van der Waals surface area (Å²) in [6.07, 6.45) is 1.60. The Labute approximate surface area is 83.3 Å².